The van der Waals surface area contributed by atoms with Crippen LogP contribution in [0.25, 0.3) is 0 Å². The number of benzene rings is 2. The maximum atomic E-state index is 11.8. The first-order valence-corrected chi connectivity index (χ1v) is 6.32. The standard InChI is InChI=1S/C16H17NO2.ClH/c18-15-8-4-7-14(11-15)16(19)12-17-10-9-13-5-2-1-3-6-13;/h1-8,11,17-18H,9-10,12H2;1H. The molecule has 0 aliphatic rings. The monoisotopic (exact) mass is 291 g/mol. The molecule has 0 aliphatic carbocycles. The van der Waals surface area contributed by atoms with Gasteiger partial charge in [-0.15, -0.1) is 12.4 Å². The molecule has 3 nitrogen and oxygen atoms in total. The Hall–Kier alpha value is -1.84. The number of carbonyl (C=O) groups is 1. The average molecular weight is 292 g/mol. The summed E-state index contributed by atoms with van der Waals surface area (Å²) in [5.74, 6) is 0.110. The molecule has 20 heavy (non-hydrogen) atoms. The highest BCUT2D eigenvalue weighted by Crippen LogP contribution is 2.10. The van der Waals surface area contributed by atoms with Crippen molar-refractivity contribution in [3.63, 3.8) is 0 Å². The fraction of sp³-hybridized carbons (Fsp3) is 0.188. The third-order valence-electron chi connectivity index (χ3n) is 2.89. The number of aromatic hydroxyl groups is 1. The van der Waals surface area contributed by atoms with Crippen molar-refractivity contribution in [1.29, 1.82) is 0 Å². The van der Waals surface area contributed by atoms with Crippen molar-refractivity contribution in [1.82, 2.24) is 5.32 Å². The Balaban J connectivity index is 0.00000200. The number of hydrogen-bond donors (Lipinski definition) is 2. The van der Waals surface area contributed by atoms with Gasteiger partial charge in [-0.3, -0.25) is 4.79 Å². The largest absolute Gasteiger partial charge is 0.508 e. The maximum absolute atomic E-state index is 11.8. The summed E-state index contributed by atoms with van der Waals surface area (Å²) in [6.45, 7) is 1.05. The van der Waals surface area contributed by atoms with Crippen molar-refractivity contribution < 1.29 is 9.90 Å². The third-order valence-corrected chi connectivity index (χ3v) is 2.89. The summed E-state index contributed by atoms with van der Waals surface area (Å²) >= 11 is 0. The number of phenolic OH excluding ortho intramolecular Hbond substituents is 1. The molecule has 0 saturated carbocycles. The SMILES string of the molecule is Cl.O=C(CNCCc1ccccc1)c1cccc(O)c1. The van der Waals surface area contributed by atoms with Crippen molar-refractivity contribution >= 4 is 18.2 Å². The van der Waals surface area contributed by atoms with Crippen LogP contribution in [0.5, 0.6) is 5.75 Å². The minimum Gasteiger partial charge on any atom is -0.508 e. The molecule has 2 N–H and O–H groups in total. The lowest BCUT2D eigenvalue weighted by atomic mass is 10.1. The quantitative estimate of drug-likeness (QED) is 0.635. The Morgan fingerprint density at radius 2 is 1.80 bits per heavy atom. The molecular formula is C16H18ClNO2. The van der Waals surface area contributed by atoms with Crippen LogP contribution in [0.2, 0.25) is 0 Å². The van der Waals surface area contributed by atoms with Crippen LogP contribution >= 0.6 is 12.4 Å². The van der Waals surface area contributed by atoms with Crippen molar-refractivity contribution in [2.75, 3.05) is 13.1 Å². The normalized spacial score (nSPS) is 9.80. The van der Waals surface area contributed by atoms with Gasteiger partial charge < -0.3 is 10.4 Å². The van der Waals surface area contributed by atoms with E-state index in [1.807, 2.05) is 18.2 Å². The summed E-state index contributed by atoms with van der Waals surface area (Å²) < 4.78 is 0. The second-order valence-electron chi connectivity index (χ2n) is 4.39. The van der Waals surface area contributed by atoms with E-state index in [0.717, 1.165) is 13.0 Å². The lowest BCUT2D eigenvalue weighted by molar-refractivity contribution is 0.0991. The molecule has 0 spiro atoms. The molecule has 2 aromatic rings. The topological polar surface area (TPSA) is 49.3 Å². The molecule has 0 aromatic heterocycles. The Morgan fingerprint density at radius 1 is 1.05 bits per heavy atom. The number of halogens is 1. The Bertz CT molecular complexity index is 543. The van der Waals surface area contributed by atoms with Crippen LogP contribution < -0.4 is 5.32 Å². The third kappa shape index (κ3) is 5.03. The molecule has 0 amide bonds. The molecular weight excluding hydrogens is 274 g/mol. The summed E-state index contributed by atoms with van der Waals surface area (Å²) in [7, 11) is 0. The number of hydrogen-bond acceptors (Lipinski definition) is 3. The van der Waals surface area contributed by atoms with E-state index in [2.05, 4.69) is 17.4 Å². The van der Waals surface area contributed by atoms with Crippen molar-refractivity contribution in [2.24, 2.45) is 0 Å². The van der Waals surface area contributed by atoms with Crippen LogP contribution in [0.15, 0.2) is 54.6 Å². The van der Waals surface area contributed by atoms with E-state index >= 15 is 0 Å². The minimum atomic E-state index is -0.0102. The molecule has 0 heterocycles. The molecule has 106 valence electrons. The van der Waals surface area contributed by atoms with Crippen molar-refractivity contribution in [3.05, 3.63) is 65.7 Å². The minimum absolute atomic E-state index is 0. The number of Topliss-reactive ketones (excluding diaryl/α,β-unsaturated/α-hetero) is 1. The van der Waals surface area contributed by atoms with E-state index in [0.29, 0.717) is 5.56 Å². The zero-order valence-electron chi connectivity index (χ0n) is 11.1. The molecule has 4 heteroatoms. The first-order chi connectivity index (χ1) is 9.25. The van der Waals surface area contributed by atoms with Crippen LogP contribution in [-0.2, 0) is 6.42 Å². The van der Waals surface area contributed by atoms with Gasteiger partial charge in [0.15, 0.2) is 5.78 Å². The van der Waals surface area contributed by atoms with E-state index in [1.165, 1.54) is 11.6 Å². The van der Waals surface area contributed by atoms with Crippen molar-refractivity contribution in [3.8, 4) is 5.75 Å². The molecule has 0 radical (unpaired) electrons. The predicted molar refractivity (Wildman–Crippen MR) is 82.7 cm³/mol. The van der Waals surface area contributed by atoms with Gasteiger partial charge in [0.25, 0.3) is 0 Å². The van der Waals surface area contributed by atoms with Crippen molar-refractivity contribution in [2.45, 2.75) is 6.42 Å². The van der Waals surface area contributed by atoms with E-state index in [4.69, 9.17) is 0 Å². The lowest BCUT2D eigenvalue weighted by Crippen LogP contribution is -2.25. The molecule has 0 unspecified atom stereocenters. The Morgan fingerprint density at radius 3 is 2.50 bits per heavy atom. The summed E-state index contributed by atoms with van der Waals surface area (Å²) in [4.78, 5) is 11.8. The van der Waals surface area contributed by atoms with E-state index < -0.39 is 0 Å². The van der Waals surface area contributed by atoms with Gasteiger partial charge in [0, 0.05) is 5.56 Å². The first kappa shape index (κ1) is 16.2. The molecule has 0 aliphatic heterocycles. The Labute approximate surface area is 125 Å². The van der Waals surface area contributed by atoms with Crippen LogP contribution in [-0.4, -0.2) is 24.0 Å². The molecule has 2 rings (SSSR count). The van der Waals surface area contributed by atoms with Gasteiger partial charge in [-0.25, -0.2) is 0 Å². The Kier molecular flexibility index (Phi) is 6.77. The molecule has 0 atom stereocenters. The van der Waals surface area contributed by atoms with Gasteiger partial charge in [0.2, 0.25) is 0 Å². The zero-order chi connectivity index (χ0) is 13.5. The highest BCUT2D eigenvalue weighted by molar-refractivity contribution is 5.97. The van der Waals surface area contributed by atoms with Gasteiger partial charge in [0.05, 0.1) is 6.54 Å². The van der Waals surface area contributed by atoms with Crippen LogP contribution in [0.4, 0.5) is 0 Å². The number of rotatable bonds is 6. The highest BCUT2D eigenvalue weighted by Gasteiger charge is 2.05. The van der Waals surface area contributed by atoms with Crippen LogP contribution in [0.3, 0.4) is 0 Å². The second kappa shape index (κ2) is 8.35. The molecule has 0 saturated heterocycles. The molecule has 2 aromatic carbocycles. The van der Waals surface area contributed by atoms with Gasteiger partial charge in [-0.1, -0.05) is 42.5 Å². The van der Waals surface area contributed by atoms with Gasteiger partial charge in [0.1, 0.15) is 5.75 Å². The number of nitrogens with one attached hydrogen (secondary N) is 1. The average Bonchev–Trinajstić information content (AvgIpc) is 2.44. The smallest absolute Gasteiger partial charge is 0.176 e. The van der Waals surface area contributed by atoms with Gasteiger partial charge in [-0.2, -0.15) is 0 Å². The van der Waals surface area contributed by atoms with E-state index in [1.54, 1.807) is 18.2 Å². The molecule has 0 bridgehead atoms. The second-order valence-corrected chi connectivity index (χ2v) is 4.39. The van der Waals surface area contributed by atoms with E-state index in [-0.39, 0.29) is 30.5 Å². The summed E-state index contributed by atoms with van der Waals surface area (Å²) in [5.41, 5.74) is 1.78. The van der Waals surface area contributed by atoms with Gasteiger partial charge in [-0.05, 0) is 30.7 Å². The van der Waals surface area contributed by atoms with E-state index in [9.17, 15) is 9.90 Å². The zero-order valence-corrected chi connectivity index (χ0v) is 11.9. The lowest BCUT2D eigenvalue weighted by Gasteiger charge is -2.05. The maximum Gasteiger partial charge on any atom is 0.176 e. The summed E-state index contributed by atoms with van der Waals surface area (Å²) in [6.07, 6.45) is 0.897. The van der Waals surface area contributed by atoms with Gasteiger partial charge >= 0.3 is 0 Å². The summed E-state index contributed by atoms with van der Waals surface area (Å²) in [5, 5.41) is 12.4. The van der Waals surface area contributed by atoms with Crippen LogP contribution in [0.1, 0.15) is 15.9 Å². The highest BCUT2D eigenvalue weighted by atomic mass is 35.5. The number of phenols is 1. The fourth-order valence-electron chi connectivity index (χ4n) is 1.86. The fourth-order valence-corrected chi connectivity index (χ4v) is 1.86. The summed E-state index contributed by atoms with van der Waals surface area (Å²) in [6, 6.07) is 16.6. The number of ketones is 1. The van der Waals surface area contributed by atoms with Crippen LogP contribution in [0, 0.1) is 0 Å². The first-order valence-electron chi connectivity index (χ1n) is 6.32. The predicted octanol–water partition coefficient (Wildman–Crippen LogP) is 2.83. The molecule has 0 fully saturated rings. The number of carbonyl (C=O) groups excluding carboxylic acids is 1.